The first kappa shape index (κ1) is 14.4. The minimum atomic E-state index is -0.182. The predicted molar refractivity (Wildman–Crippen MR) is 72.6 cm³/mol. The smallest absolute Gasteiger partial charge is 0.271 e. The van der Waals surface area contributed by atoms with Gasteiger partial charge in [-0.15, -0.1) is 10.2 Å². The van der Waals surface area contributed by atoms with Crippen molar-refractivity contribution < 1.29 is 4.79 Å². The molecule has 0 fully saturated rings. The summed E-state index contributed by atoms with van der Waals surface area (Å²) in [6, 6.07) is 3.44. The lowest BCUT2D eigenvalue weighted by Crippen LogP contribution is -2.29. The van der Waals surface area contributed by atoms with E-state index in [1.54, 1.807) is 12.1 Å². The van der Waals surface area contributed by atoms with Crippen LogP contribution in [0.4, 0.5) is 5.82 Å². The lowest BCUT2D eigenvalue weighted by atomic mass is 10.1. The monoisotopic (exact) mass is 250 g/mol. The number of anilines is 1. The number of hydrogen-bond donors (Lipinski definition) is 2. The summed E-state index contributed by atoms with van der Waals surface area (Å²) in [6.07, 6.45) is 0. The number of rotatable bonds is 4. The van der Waals surface area contributed by atoms with Crippen molar-refractivity contribution in [3.8, 4) is 0 Å². The van der Waals surface area contributed by atoms with E-state index in [9.17, 15) is 4.79 Å². The van der Waals surface area contributed by atoms with E-state index in [0.717, 1.165) is 0 Å². The average Bonchev–Trinajstić information content (AvgIpc) is 2.24. The number of carbonyl (C=O) groups excluding carboxylic acids is 1. The number of nitrogens with zero attached hydrogens (tertiary/aromatic N) is 2. The second kappa shape index (κ2) is 5.80. The van der Waals surface area contributed by atoms with E-state index in [-0.39, 0.29) is 11.4 Å². The Hall–Kier alpha value is -1.65. The predicted octanol–water partition coefficient (Wildman–Crippen LogP) is 2.07. The minimum absolute atomic E-state index is 0.0733. The van der Waals surface area contributed by atoms with Gasteiger partial charge in [-0.2, -0.15) is 0 Å². The third kappa shape index (κ3) is 5.12. The van der Waals surface area contributed by atoms with Gasteiger partial charge in [0.1, 0.15) is 5.82 Å². The zero-order chi connectivity index (χ0) is 13.8. The van der Waals surface area contributed by atoms with Gasteiger partial charge < -0.3 is 10.6 Å². The quantitative estimate of drug-likeness (QED) is 0.858. The molecule has 0 bridgehead atoms. The molecular formula is C13H22N4O. The van der Waals surface area contributed by atoms with E-state index in [1.165, 1.54) is 0 Å². The fourth-order valence-corrected chi connectivity index (χ4v) is 1.29. The molecule has 0 radical (unpaired) electrons. The molecule has 1 amide bonds. The first-order valence-corrected chi connectivity index (χ1v) is 6.18. The Balaban J connectivity index is 2.62. The number of carbonyl (C=O) groups is 1. The van der Waals surface area contributed by atoms with Gasteiger partial charge in [0.2, 0.25) is 0 Å². The lowest BCUT2D eigenvalue weighted by molar-refractivity contribution is 0.0943. The van der Waals surface area contributed by atoms with Crippen molar-refractivity contribution in [2.24, 2.45) is 5.92 Å². The summed E-state index contributed by atoms with van der Waals surface area (Å²) in [4.78, 5) is 11.7. The fourth-order valence-electron chi connectivity index (χ4n) is 1.29. The van der Waals surface area contributed by atoms with Gasteiger partial charge in [0.05, 0.1) is 0 Å². The molecular weight excluding hydrogens is 228 g/mol. The number of aromatic nitrogens is 2. The molecule has 0 unspecified atom stereocenters. The Morgan fingerprint density at radius 3 is 2.39 bits per heavy atom. The van der Waals surface area contributed by atoms with Crippen LogP contribution in [0.15, 0.2) is 12.1 Å². The highest BCUT2D eigenvalue weighted by Crippen LogP contribution is 2.10. The summed E-state index contributed by atoms with van der Waals surface area (Å²) in [6.45, 7) is 10.8. The normalized spacial score (nSPS) is 11.4. The Morgan fingerprint density at radius 2 is 1.94 bits per heavy atom. The van der Waals surface area contributed by atoms with Gasteiger partial charge in [-0.3, -0.25) is 4.79 Å². The molecule has 2 N–H and O–H groups in total. The van der Waals surface area contributed by atoms with Gasteiger partial charge in [0, 0.05) is 12.1 Å². The van der Waals surface area contributed by atoms with Gasteiger partial charge in [-0.05, 0) is 38.8 Å². The maximum absolute atomic E-state index is 11.7. The first-order valence-electron chi connectivity index (χ1n) is 6.18. The van der Waals surface area contributed by atoms with Crippen LogP contribution in [0.3, 0.4) is 0 Å². The van der Waals surface area contributed by atoms with Crippen LogP contribution in [0.5, 0.6) is 0 Å². The van der Waals surface area contributed by atoms with E-state index in [4.69, 9.17) is 0 Å². The van der Waals surface area contributed by atoms with Crippen molar-refractivity contribution in [2.45, 2.75) is 40.2 Å². The number of hydrogen-bond acceptors (Lipinski definition) is 4. The second-order valence-corrected chi connectivity index (χ2v) is 5.78. The van der Waals surface area contributed by atoms with Crippen LogP contribution in [0, 0.1) is 5.92 Å². The van der Waals surface area contributed by atoms with Gasteiger partial charge in [0.15, 0.2) is 5.69 Å². The molecule has 0 aliphatic carbocycles. The van der Waals surface area contributed by atoms with Crippen LogP contribution < -0.4 is 10.6 Å². The SMILES string of the molecule is CC(C)CNC(=O)c1ccc(NC(C)(C)C)nn1. The summed E-state index contributed by atoms with van der Waals surface area (Å²) in [5, 5.41) is 13.9. The minimum Gasteiger partial charge on any atom is -0.364 e. The zero-order valence-corrected chi connectivity index (χ0v) is 11.7. The molecule has 0 aliphatic rings. The molecule has 100 valence electrons. The van der Waals surface area contributed by atoms with Crippen molar-refractivity contribution in [1.29, 1.82) is 0 Å². The third-order valence-electron chi connectivity index (χ3n) is 2.07. The first-order chi connectivity index (χ1) is 8.28. The van der Waals surface area contributed by atoms with Gasteiger partial charge in [-0.1, -0.05) is 13.8 Å². The summed E-state index contributed by atoms with van der Waals surface area (Å²) >= 11 is 0. The van der Waals surface area contributed by atoms with Crippen molar-refractivity contribution in [1.82, 2.24) is 15.5 Å². The highest BCUT2D eigenvalue weighted by atomic mass is 16.1. The number of amides is 1. The van der Waals surface area contributed by atoms with Gasteiger partial charge >= 0.3 is 0 Å². The van der Waals surface area contributed by atoms with Crippen LogP contribution in [0.1, 0.15) is 45.1 Å². The van der Waals surface area contributed by atoms with E-state index in [0.29, 0.717) is 24.0 Å². The van der Waals surface area contributed by atoms with Crippen LogP contribution in [-0.2, 0) is 0 Å². The average molecular weight is 250 g/mol. The summed E-state index contributed by atoms with van der Waals surface area (Å²) in [5.41, 5.74) is 0.269. The highest BCUT2D eigenvalue weighted by molar-refractivity contribution is 5.92. The maximum Gasteiger partial charge on any atom is 0.271 e. The van der Waals surface area contributed by atoms with E-state index < -0.39 is 0 Å². The highest BCUT2D eigenvalue weighted by Gasteiger charge is 2.12. The standard InChI is InChI=1S/C13H22N4O/c1-9(2)8-14-12(18)10-6-7-11(17-16-10)15-13(3,4)5/h6-7,9H,8H2,1-5H3,(H,14,18)(H,15,17). The number of nitrogens with one attached hydrogen (secondary N) is 2. The molecule has 0 saturated carbocycles. The molecule has 1 rings (SSSR count). The Bertz CT molecular complexity index is 392. The Morgan fingerprint density at radius 1 is 1.28 bits per heavy atom. The van der Waals surface area contributed by atoms with E-state index in [1.807, 2.05) is 34.6 Å². The van der Waals surface area contributed by atoms with Crippen LogP contribution in [0.25, 0.3) is 0 Å². The molecule has 0 spiro atoms. The molecule has 5 heteroatoms. The van der Waals surface area contributed by atoms with Gasteiger partial charge in [0.25, 0.3) is 5.91 Å². The molecule has 18 heavy (non-hydrogen) atoms. The molecule has 1 aromatic heterocycles. The van der Waals surface area contributed by atoms with Crippen LogP contribution in [-0.4, -0.2) is 28.2 Å². The Kier molecular flexibility index (Phi) is 4.64. The van der Waals surface area contributed by atoms with Crippen LogP contribution in [0.2, 0.25) is 0 Å². The summed E-state index contributed by atoms with van der Waals surface area (Å²) in [7, 11) is 0. The Labute approximate surface area is 108 Å². The topological polar surface area (TPSA) is 66.9 Å². The molecule has 1 heterocycles. The largest absolute Gasteiger partial charge is 0.364 e. The molecule has 0 aliphatic heterocycles. The fraction of sp³-hybridized carbons (Fsp3) is 0.615. The van der Waals surface area contributed by atoms with Crippen LogP contribution >= 0.6 is 0 Å². The molecule has 5 nitrogen and oxygen atoms in total. The van der Waals surface area contributed by atoms with Crippen molar-refractivity contribution in [2.75, 3.05) is 11.9 Å². The maximum atomic E-state index is 11.7. The second-order valence-electron chi connectivity index (χ2n) is 5.78. The molecule has 0 aromatic carbocycles. The van der Waals surface area contributed by atoms with E-state index >= 15 is 0 Å². The van der Waals surface area contributed by atoms with Crippen molar-refractivity contribution in [3.05, 3.63) is 17.8 Å². The molecule has 1 aromatic rings. The van der Waals surface area contributed by atoms with Crippen molar-refractivity contribution in [3.63, 3.8) is 0 Å². The van der Waals surface area contributed by atoms with E-state index in [2.05, 4.69) is 20.8 Å². The summed E-state index contributed by atoms with van der Waals surface area (Å²) in [5.74, 6) is 0.908. The molecule has 0 atom stereocenters. The zero-order valence-electron chi connectivity index (χ0n) is 11.7. The molecule has 0 saturated heterocycles. The lowest BCUT2D eigenvalue weighted by Gasteiger charge is -2.20. The third-order valence-corrected chi connectivity index (χ3v) is 2.07. The van der Waals surface area contributed by atoms with Crippen molar-refractivity contribution >= 4 is 11.7 Å². The summed E-state index contributed by atoms with van der Waals surface area (Å²) < 4.78 is 0. The van der Waals surface area contributed by atoms with Gasteiger partial charge in [-0.25, -0.2) is 0 Å².